The number of ketones is 1. The van der Waals surface area contributed by atoms with Crippen LogP contribution in [0.15, 0.2) is 36.5 Å². The lowest BCUT2D eigenvalue weighted by Crippen LogP contribution is -2.55. The molecule has 1 aromatic heterocycles. The van der Waals surface area contributed by atoms with Crippen molar-refractivity contribution >= 4 is 16.7 Å². The summed E-state index contributed by atoms with van der Waals surface area (Å²) in [4.78, 5) is 17.3. The number of nitrogens with one attached hydrogen (secondary N) is 1. The fraction of sp³-hybridized carbons (Fsp3) is 0.412. The molecule has 0 aliphatic carbocycles. The van der Waals surface area contributed by atoms with Gasteiger partial charge in [0.1, 0.15) is 0 Å². The van der Waals surface area contributed by atoms with Gasteiger partial charge in [-0.05, 0) is 25.0 Å². The van der Waals surface area contributed by atoms with Gasteiger partial charge < -0.3 is 10.1 Å². The second-order valence-corrected chi connectivity index (χ2v) is 6.01. The number of pyridine rings is 1. The van der Waals surface area contributed by atoms with Crippen molar-refractivity contribution < 1.29 is 9.53 Å². The maximum Gasteiger partial charge on any atom is 0.166 e. The van der Waals surface area contributed by atoms with Gasteiger partial charge in [0.05, 0.1) is 18.7 Å². The second kappa shape index (κ2) is 5.20. The number of benzene rings is 1. The molecule has 1 aromatic carbocycles. The van der Waals surface area contributed by atoms with Crippen LogP contribution in [-0.4, -0.2) is 36.1 Å². The molecule has 21 heavy (non-hydrogen) atoms. The van der Waals surface area contributed by atoms with E-state index in [1.807, 2.05) is 30.3 Å². The highest BCUT2D eigenvalue weighted by Crippen LogP contribution is 2.29. The quantitative estimate of drug-likeness (QED) is 0.858. The van der Waals surface area contributed by atoms with E-state index >= 15 is 0 Å². The molecule has 1 N–H and O–H groups in total. The summed E-state index contributed by atoms with van der Waals surface area (Å²) in [5, 5.41) is 4.50. The minimum absolute atomic E-state index is 0.0935. The van der Waals surface area contributed by atoms with E-state index in [2.05, 4.69) is 10.3 Å². The number of hydrogen-bond donors (Lipinski definition) is 1. The van der Waals surface area contributed by atoms with Crippen molar-refractivity contribution in [3.63, 3.8) is 0 Å². The number of hydrogen-bond acceptors (Lipinski definition) is 4. The molecule has 2 fully saturated rings. The first-order valence-corrected chi connectivity index (χ1v) is 7.53. The first-order valence-electron chi connectivity index (χ1n) is 7.53. The Morgan fingerprint density at radius 3 is 2.71 bits per heavy atom. The molecule has 2 aromatic rings. The van der Waals surface area contributed by atoms with Crippen LogP contribution in [0.4, 0.5) is 0 Å². The van der Waals surface area contributed by atoms with Crippen LogP contribution in [0, 0.1) is 5.92 Å². The van der Waals surface area contributed by atoms with Gasteiger partial charge in [-0.3, -0.25) is 9.78 Å². The molecule has 2 aliphatic heterocycles. The van der Waals surface area contributed by atoms with Crippen molar-refractivity contribution in [3.8, 4) is 0 Å². The highest BCUT2D eigenvalue weighted by atomic mass is 16.5. The maximum absolute atomic E-state index is 12.9. The summed E-state index contributed by atoms with van der Waals surface area (Å²) in [5.41, 5.74) is 1.70. The van der Waals surface area contributed by atoms with Crippen molar-refractivity contribution in [1.29, 1.82) is 0 Å². The smallest absolute Gasteiger partial charge is 0.166 e. The van der Waals surface area contributed by atoms with E-state index in [-0.39, 0.29) is 11.7 Å². The predicted molar refractivity (Wildman–Crippen MR) is 80.3 cm³/mol. The zero-order chi connectivity index (χ0) is 14.2. The minimum Gasteiger partial charge on any atom is -0.378 e. The molecule has 2 saturated heterocycles. The zero-order valence-corrected chi connectivity index (χ0v) is 11.8. The molecule has 0 spiro atoms. The number of carbonyl (C=O) groups is 1. The van der Waals surface area contributed by atoms with Crippen LogP contribution < -0.4 is 5.32 Å². The molecular formula is C17H18N2O2. The van der Waals surface area contributed by atoms with Crippen LogP contribution in [-0.2, 0) is 4.74 Å². The highest BCUT2D eigenvalue weighted by Gasteiger charge is 2.35. The zero-order valence-electron chi connectivity index (χ0n) is 11.8. The van der Waals surface area contributed by atoms with Gasteiger partial charge in [-0.2, -0.15) is 0 Å². The summed E-state index contributed by atoms with van der Waals surface area (Å²) in [6.07, 6.45) is 3.47. The highest BCUT2D eigenvalue weighted by molar-refractivity contribution is 6.08. The number of Topliss-reactive ketones (excluding diaryl/α,β-unsaturated/α-hetero) is 1. The lowest BCUT2D eigenvalue weighted by molar-refractivity contribution is 0.00956. The molecule has 4 rings (SSSR count). The normalized spacial score (nSPS) is 28.5. The van der Waals surface area contributed by atoms with Crippen molar-refractivity contribution in [2.45, 2.75) is 24.9 Å². The van der Waals surface area contributed by atoms with E-state index < -0.39 is 0 Å². The number of ether oxygens (including phenoxy) is 1. The fourth-order valence-electron chi connectivity index (χ4n) is 3.58. The largest absolute Gasteiger partial charge is 0.378 e. The number of para-hydroxylation sites is 1. The predicted octanol–water partition coefficient (Wildman–Crippen LogP) is 2.18. The van der Waals surface area contributed by atoms with Gasteiger partial charge in [-0.15, -0.1) is 0 Å². The molecular weight excluding hydrogens is 264 g/mol. The second-order valence-electron chi connectivity index (χ2n) is 6.01. The van der Waals surface area contributed by atoms with Gasteiger partial charge in [0, 0.05) is 35.1 Å². The van der Waals surface area contributed by atoms with Crippen LogP contribution in [0.1, 0.15) is 23.2 Å². The molecule has 2 aliphatic rings. The van der Waals surface area contributed by atoms with Gasteiger partial charge in [-0.25, -0.2) is 0 Å². The van der Waals surface area contributed by atoms with Crippen molar-refractivity contribution in [3.05, 3.63) is 42.1 Å². The lowest BCUT2D eigenvalue weighted by Gasteiger charge is -2.39. The standard InChI is InChI=1S/C17H18N2O2/c20-17(11-7-12-9-21-10-13(8-11)19-12)15-5-6-18-16-4-2-1-3-14(15)16/h1-6,11-13,19H,7-10H2. The molecule has 0 radical (unpaired) electrons. The molecule has 4 nitrogen and oxygen atoms in total. The van der Waals surface area contributed by atoms with E-state index in [0.29, 0.717) is 12.1 Å². The summed E-state index contributed by atoms with van der Waals surface area (Å²) < 4.78 is 5.56. The van der Waals surface area contributed by atoms with E-state index in [4.69, 9.17) is 4.74 Å². The summed E-state index contributed by atoms with van der Waals surface area (Å²) in [6.45, 7) is 1.44. The summed E-state index contributed by atoms with van der Waals surface area (Å²) in [5.74, 6) is 0.350. The first-order chi connectivity index (χ1) is 10.3. The third-order valence-electron chi connectivity index (χ3n) is 4.53. The molecule has 4 heteroatoms. The van der Waals surface area contributed by atoms with Gasteiger partial charge in [0.15, 0.2) is 5.78 Å². The number of piperidine rings is 1. The van der Waals surface area contributed by atoms with E-state index in [1.54, 1.807) is 6.20 Å². The Bertz CT molecular complexity index is 668. The Hall–Kier alpha value is -1.78. The molecule has 2 bridgehead atoms. The van der Waals surface area contributed by atoms with Crippen LogP contribution in [0.2, 0.25) is 0 Å². The minimum atomic E-state index is 0.0935. The Balaban J connectivity index is 1.67. The Morgan fingerprint density at radius 2 is 1.90 bits per heavy atom. The van der Waals surface area contributed by atoms with E-state index in [1.165, 1.54) is 0 Å². The van der Waals surface area contributed by atoms with Gasteiger partial charge in [-0.1, -0.05) is 18.2 Å². The Labute approximate surface area is 123 Å². The number of nitrogens with zero attached hydrogens (tertiary/aromatic N) is 1. The van der Waals surface area contributed by atoms with Crippen molar-refractivity contribution in [2.75, 3.05) is 13.2 Å². The van der Waals surface area contributed by atoms with Gasteiger partial charge in [0.2, 0.25) is 0 Å². The number of aromatic nitrogens is 1. The molecule has 108 valence electrons. The third-order valence-corrected chi connectivity index (χ3v) is 4.53. The summed E-state index contributed by atoms with van der Waals surface area (Å²) in [7, 11) is 0. The average Bonchev–Trinajstić information content (AvgIpc) is 2.53. The number of fused-ring (bicyclic) bond motifs is 3. The summed E-state index contributed by atoms with van der Waals surface area (Å²) in [6, 6.07) is 10.4. The lowest BCUT2D eigenvalue weighted by atomic mass is 9.81. The fourth-order valence-corrected chi connectivity index (χ4v) is 3.58. The van der Waals surface area contributed by atoms with Crippen LogP contribution in [0.25, 0.3) is 10.9 Å². The van der Waals surface area contributed by atoms with Gasteiger partial charge in [0.25, 0.3) is 0 Å². The molecule has 3 heterocycles. The SMILES string of the molecule is O=C(c1ccnc2ccccc12)C1CC2COCC(C1)N2. The van der Waals surface area contributed by atoms with E-state index in [0.717, 1.165) is 42.5 Å². The average molecular weight is 282 g/mol. The maximum atomic E-state index is 12.9. The van der Waals surface area contributed by atoms with Crippen molar-refractivity contribution in [2.24, 2.45) is 5.92 Å². The number of carbonyl (C=O) groups excluding carboxylic acids is 1. The molecule has 0 amide bonds. The topological polar surface area (TPSA) is 51.2 Å². The van der Waals surface area contributed by atoms with Crippen LogP contribution >= 0.6 is 0 Å². The molecule has 2 unspecified atom stereocenters. The van der Waals surface area contributed by atoms with Crippen LogP contribution in [0.5, 0.6) is 0 Å². The summed E-state index contributed by atoms with van der Waals surface area (Å²) >= 11 is 0. The molecule has 2 atom stereocenters. The Kier molecular flexibility index (Phi) is 3.20. The Morgan fingerprint density at radius 1 is 1.14 bits per heavy atom. The number of morpholine rings is 1. The van der Waals surface area contributed by atoms with E-state index in [9.17, 15) is 4.79 Å². The van der Waals surface area contributed by atoms with Crippen LogP contribution in [0.3, 0.4) is 0 Å². The van der Waals surface area contributed by atoms with Crippen molar-refractivity contribution in [1.82, 2.24) is 10.3 Å². The number of rotatable bonds is 2. The molecule has 0 saturated carbocycles. The monoisotopic (exact) mass is 282 g/mol. The van der Waals surface area contributed by atoms with Gasteiger partial charge >= 0.3 is 0 Å². The first kappa shape index (κ1) is 12.9. The third kappa shape index (κ3) is 2.34.